The van der Waals surface area contributed by atoms with E-state index >= 15 is 0 Å². The van der Waals surface area contributed by atoms with Gasteiger partial charge in [0.15, 0.2) is 11.5 Å². The average molecular weight is 404 g/mol. The molecule has 0 aliphatic rings. The summed E-state index contributed by atoms with van der Waals surface area (Å²) in [5.74, 6) is 0.868. The number of nitrogens with zero attached hydrogens (tertiary/aromatic N) is 4. The van der Waals surface area contributed by atoms with Gasteiger partial charge in [-0.15, -0.1) is 0 Å². The van der Waals surface area contributed by atoms with E-state index in [-0.39, 0.29) is 5.97 Å². The van der Waals surface area contributed by atoms with Gasteiger partial charge >= 0.3 is 5.97 Å². The maximum atomic E-state index is 11.6. The van der Waals surface area contributed by atoms with Crippen molar-refractivity contribution in [1.82, 2.24) is 20.0 Å². The van der Waals surface area contributed by atoms with Crippen LogP contribution in [0, 0.1) is 0 Å². The molecule has 8 nitrogen and oxygen atoms in total. The van der Waals surface area contributed by atoms with Gasteiger partial charge < -0.3 is 14.2 Å². The standard InChI is InChI=1S/C22H20N4O4/c1-28-20-8-17-18(11-23-25-19(17)9-21(20)29-2)16-10-24-26(13-16)12-14-4-6-15(7-5-14)22(27)30-3/h4-11,13H,12H2,1-3H3. The molecule has 0 saturated heterocycles. The molecular formula is C22H20N4O4. The SMILES string of the molecule is COC(=O)c1ccc(Cn2cc(-c3cnnc4cc(OC)c(OC)cc34)cn2)cc1. The fraction of sp³-hybridized carbons (Fsp3) is 0.182. The summed E-state index contributed by atoms with van der Waals surface area (Å²) in [7, 11) is 4.55. The van der Waals surface area contributed by atoms with Gasteiger partial charge in [-0.25, -0.2) is 4.79 Å². The number of esters is 1. The summed E-state index contributed by atoms with van der Waals surface area (Å²) in [6, 6.07) is 10.9. The summed E-state index contributed by atoms with van der Waals surface area (Å²) < 4.78 is 17.3. The first-order valence-electron chi connectivity index (χ1n) is 9.20. The van der Waals surface area contributed by atoms with Gasteiger partial charge in [-0.3, -0.25) is 4.68 Å². The number of carbonyl (C=O) groups is 1. The Morgan fingerprint density at radius 1 is 1.00 bits per heavy atom. The summed E-state index contributed by atoms with van der Waals surface area (Å²) in [4.78, 5) is 11.6. The first-order valence-corrected chi connectivity index (χ1v) is 9.20. The van der Waals surface area contributed by atoms with Crippen LogP contribution in [0.25, 0.3) is 22.0 Å². The van der Waals surface area contributed by atoms with Crippen LogP contribution in [-0.4, -0.2) is 47.3 Å². The third-order valence-electron chi connectivity index (χ3n) is 4.81. The Hall–Kier alpha value is -3.94. The molecule has 152 valence electrons. The molecule has 0 amide bonds. The molecule has 0 fully saturated rings. The van der Waals surface area contributed by atoms with Crippen molar-refractivity contribution in [1.29, 1.82) is 0 Å². The molecular weight excluding hydrogens is 384 g/mol. The summed E-state index contributed by atoms with van der Waals surface area (Å²) >= 11 is 0. The Balaban J connectivity index is 1.64. The topological polar surface area (TPSA) is 88.4 Å². The zero-order valence-corrected chi connectivity index (χ0v) is 16.8. The predicted octanol–water partition coefficient (Wildman–Crippen LogP) is 3.35. The number of carbonyl (C=O) groups excluding carboxylic acids is 1. The second-order valence-corrected chi connectivity index (χ2v) is 6.60. The summed E-state index contributed by atoms with van der Waals surface area (Å²) in [6.45, 7) is 0.565. The molecule has 0 spiro atoms. The van der Waals surface area contributed by atoms with Crippen LogP contribution in [0.2, 0.25) is 0 Å². The molecule has 0 N–H and O–H groups in total. The van der Waals surface area contributed by atoms with Crippen molar-refractivity contribution >= 4 is 16.9 Å². The van der Waals surface area contributed by atoms with Gasteiger partial charge in [0.25, 0.3) is 0 Å². The average Bonchev–Trinajstić information content (AvgIpc) is 3.25. The lowest BCUT2D eigenvalue weighted by atomic mass is 10.1. The second-order valence-electron chi connectivity index (χ2n) is 6.60. The summed E-state index contributed by atoms with van der Waals surface area (Å²) in [5.41, 5.74) is 4.04. The number of fused-ring (bicyclic) bond motifs is 1. The molecule has 0 unspecified atom stereocenters. The van der Waals surface area contributed by atoms with E-state index in [0.29, 0.717) is 29.1 Å². The van der Waals surface area contributed by atoms with Crippen LogP contribution >= 0.6 is 0 Å². The molecule has 0 bridgehead atoms. The Bertz CT molecular complexity index is 1200. The highest BCUT2D eigenvalue weighted by atomic mass is 16.5. The number of benzene rings is 2. The smallest absolute Gasteiger partial charge is 0.337 e. The van der Waals surface area contributed by atoms with E-state index < -0.39 is 0 Å². The van der Waals surface area contributed by atoms with Gasteiger partial charge in [0.2, 0.25) is 0 Å². The predicted molar refractivity (Wildman–Crippen MR) is 111 cm³/mol. The minimum absolute atomic E-state index is 0.355. The lowest BCUT2D eigenvalue weighted by molar-refractivity contribution is 0.0600. The van der Waals surface area contributed by atoms with E-state index in [1.807, 2.05) is 29.1 Å². The van der Waals surface area contributed by atoms with Gasteiger partial charge in [-0.05, 0) is 23.8 Å². The number of aromatic nitrogens is 4. The highest BCUT2D eigenvalue weighted by molar-refractivity contribution is 5.95. The molecule has 8 heteroatoms. The molecule has 2 heterocycles. The second kappa shape index (κ2) is 8.20. The summed E-state index contributed by atoms with van der Waals surface area (Å²) in [6.07, 6.45) is 5.44. The van der Waals surface area contributed by atoms with Gasteiger partial charge in [0, 0.05) is 28.8 Å². The highest BCUT2D eigenvalue weighted by Crippen LogP contribution is 2.35. The van der Waals surface area contributed by atoms with Gasteiger partial charge in [0.1, 0.15) is 0 Å². The van der Waals surface area contributed by atoms with Gasteiger partial charge in [-0.2, -0.15) is 15.3 Å². The van der Waals surface area contributed by atoms with Crippen molar-refractivity contribution in [2.75, 3.05) is 21.3 Å². The highest BCUT2D eigenvalue weighted by Gasteiger charge is 2.13. The maximum Gasteiger partial charge on any atom is 0.337 e. The van der Waals surface area contributed by atoms with Crippen LogP contribution in [-0.2, 0) is 11.3 Å². The van der Waals surface area contributed by atoms with Gasteiger partial charge in [-0.1, -0.05) is 12.1 Å². The van der Waals surface area contributed by atoms with E-state index in [1.165, 1.54) is 7.11 Å². The summed E-state index contributed by atoms with van der Waals surface area (Å²) in [5, 5.41) is 13.7. The molecule has 0 atom stereocenters. The van der Waals surface area contributed by atoms with E-state index in [2.05, 4.69) is 15.3 Å². The van der Waals surface area contributed by atoms with Crippen molar-refractivity contribution in [2.24, 2.45) is 0 Å². The first-order chi connectivity index (χ1) is 14.6. The van der Waals surface area contributed by atoms with Crippen LogP contribution in [0.5, 0.6) is 11.5 Å². The molecule has 4 aromatic rings. The maximum absolute atomic E-state index is 11.6. The van der Waals surface area contributed by atoms with Crippen LogP contribution in [0.3, 0.4) is 0 Å². The lowest BCUT2D eigenvalue weighted by Gasteiger charge is -2.10. The lowest BCUT2D eigenvalue weighted by Crippen LogP contribution is -2.03. The van der Waals surface area contributed by atoms with Crippen LogP contribution in [0.15, 0.2) is 55.0 Å². The third kappa shape index (κ3) is 3.67. The fourth-order valence-electron chi connectivity index (χ4n) is 3.26. The quantitative estimate of drug-likeness (QED) is 0.455. The van der Waals surface area contributed by atoms with Crippen molar-refractivity contribution < 1.29 is 19.0 Å². The minimum atomic E-state index is -0.355. The zero-order valence-electron chi connectivity index (χ0n) is 16.8. The van der Waals surface area contributed by atoms with Crippen LogP contribution in [0.1, 0.15) is 15.9 Å². The first kappa shape index (κ1) is 19.4. The largest absolute Gasteiger partial charge is 0.493 e. The van der Waals surface area contributed by atoms with Crippen molar-refractivity contribution in [3.63, 3.8) is 0 Å². The number of ether oxygens (including phenoxy) is 3. The van der Waals surface area contributed by atoms with Crippen molar-refractivity contribution in [2.45, 2.75) is 6.54 Å². The molecule has 0 radical (unpaired) electrons. The molecule has 0 aliphatic carbocycles. The molecule has 2 aromatic heterocycles. The Kier molecular flexibility index (Phi) is 5.30. The van der Waals surface area contributed by atoms with Crippen molar-refractivity contribution in [3.05, 3.63) is 66.1 Å². The molecule has 0 saturated carbocycles. The van der Waals surface area contributed by atoms with Gasteiger partial charge in [0.05, 0.1) is 51.3 Å². The molecule has 30 heavy (non-hydrogen) atoms. The van der Waals surface area contributed by atoms with Crippen LogP contribution < -0.4 is 9.47 Å². The van der Waals surface area contributed by atoms with Crippen molar-refractivity contribution in [3.8, 4) is 22.6 Å². The third-order valence-corrected chi connectivity index (χ3v) is 4.81. The van der Waals surface area contributed by atoms with E-state index in [1.54, 1.807) is 44.8 Å². The normalized spacial score (nSPS) is 10.8. The Labute approximate surface area is 173 Å². The zero-order chi connectivity index (χ0) is 21.1. The number of methoxy groups -OCH3 is 3. The number of hydrogen-bond acceptors (Lipinski definition) is 7. The number of hydrogen-bond donors (Lipinski definition) is 0. The Morgan fingerprint density at radius 3 is 2.43 bits per heavy atom. The monoisotopic (exact) mass is 404 g/mol. The minimum Gasteiger partial charge on any atom is -0.493 e. The van der Waals surface area contributed by atoms with E-state index in [0.717, 1.165) is 22.1 Å². The molecule has 2 aromatic carbocycles. The molecule has 0 aliphatic heterocycles. The molecule has 4 rings (SSSR count). The fourth-order valence-corrected chi connectivity index (χ4v) is 3.26. The van der Waals surface area contributed by atoms with E-state index in [4.69, 9.17) is 14.2 Å². The van der Waals surface area contributed by atoms with E-state index in [9.17, 15) is 4.79 Å². The van der Waals surface area contributed by atoms with Crippen LogP contribution in [0.4, 0.5) is 0 Å². The Morgan fingerprint density at radius 2 is 1.73 bits per heavy atom. The number of rotatable bonds is 6.